The van der Waals surface area contributed by atoms with Crippen molar-refractivity contribution in [1.82, 2.24) is 0 Å². The number of benzene rings is 2. The topological polar surface area (TPSA) is 26.3 Å². The second kappa shape index (κ2) is 5.70. The molecule has 2 rings (SSSR count). The van der Waals surface area contributed by atoms with E-state index in [1.54, 1.807) is 24.3 Å². The summed E-state index contributed by atoms with van der Waals surface area (Å²) >= 11 is 1.49. The Balaban J connectivity index is 2.38. The van der Waals surface area contributed by atoms with E-state index in [0.29, 0.717) is 6.08 Å². The molecule has 0 spiro atoms. The van der Waals surface area contributed by atoms with E-state index in [0.717, 1.165) is 10.8 Å². The Morgan fingerprint density at radius 3 is 2.35 bits per heavy atom. The zero-order valence-electron chi connectivity index (χ0n) is 10.1. The molecule has 100 valence electrons. The van der Waals surface area contributed by atoms with Crippen LogP contribution in [0, 0.1) is 0 Å². The summed E-state index contributed by atoms with van der Waals surface area (Å²) in [6, 6.07) is 12.0. The largest absolute Gasteiger partial charge is 0.650 e. The molecule has 0 aromatic heterocycles. The highest BCUT2D eigenvalue weighted by molar-refractivity contribution is 6.07. The number of halogens is 3. The summed E-state index contributed by atoms with van der Waals surface area (Å²) in [5, 5.41) is 1.69. The van der Waals surface area contributed by atoms with Crippen molar-refractivity contribution in [2.24, 2.45) is 0 Å². The van der Waals surface area contributed by atoms with Gasteiger partial charge in [0, 0.05) is 11.6 Å². The van der Waals surface area contributed by atoms with E-state index < -0.39 is 17.7 Å². The number of hydrogen-bond donors (Lipinski definition) is 0. The van der Waals surface area contributed by atoms with E-state index in [1.807, 2.05) is 12.1 Å². The normalized spacial score (nSPS) is 12.4. The van der Waals surface area contributed by atoms with Crippen molar-refractivity contribution in [2.75, 3.05) is 0 Å². The minimum absolute atomic E-state index is 0.174. The molecular weight excluding hydrogens is 284 g/mol. The first-order valence-corrected chi connectivity index (χ1v) is 6.08. The molecule has 2 aromatic rings. The van der Waals surface area contributed by atoms with Crippen LogP contribution >= 0.6 is 0 Å². The Labute approximate surface area is 121 Å². The maximum Gasteiger partial charge on any atom is 0.482 e. The standard InChI is InChI=1S/C14H9F3O2.Al/c15-14(16,17)13(19)8-12(18)11-6-5-9-3-1-2-4-10(9)7-11;/h1-8,19H;/q;+1/p-1/b13-8-;. The fourth-order valence-electron chi connectivity index (χ4n) is 1.73. The first-order chi connectivity index (χ1) is 9.41. The third-order valence-electron chi connectivity index (χ3n) is 2.70. The van der Waals surface area contributed by atoms with Crippen molar-refractivity contribution < 1.29 is 21.8 Å². The molecule has 2 aromatic carbocycles. The zero-order chi connectivity index (χ0) is 14.8. The van der Waals surface area contributed by atoms with Gasteiger partial charge in [0.15, 0.2) is 11.5 Å². The molecule has 0 amide bonds. The summed E-state index contributed by atoms with van der Waals surface area (Å²) in [4.78, 5) is 11.8. The van der Waals surface area contributed by atoms with Gasteiger partial charge in [0.1, 0.15) is 0 Å². The van der Waals surface area contributed by atoms with Gasteiger partial charge in [-0.3, -0.25) is 4.79 Å². The van der Waals surface area contributed by atoms with E-state index in [1.165, 1.54) is 22.7 Å². The number of allylic oxidation sites excluding steroid dienone is 2. The molecule has 0 saturated carbocycles. The molecule has 20 heavy (non-hydrogen) atoms. The molecule has 2 radical (unpaired) electrons. The molecule has 0 unspecified atom stereocenters. The molecule has 0 aliphatic rings. The predicted octanol–water partition coefficient (Wildman–Crippen LogP) is 3.57. The quantitative estimate of drug-likeness (QED) is 0.374. The van der Waals surface area contributed by atoms with Gasteiger partial charge in [-0.1, -0.05) is 36.4 Å². The molecule has 0 heterocycles. The van der Waals surface area contributed by atoms with Gasteiger partial charge in [-0.25, -0.2) is 0 Å². The van der Waals surface area contributed by atoms with Crippen LogP contribution in [0.15, 0.2) is 54.3 Å². The summed E-state index contributed by atoms with van der Waals surface area (Å²) in [6.45, 7) is 0. The van der Waals surface area contributed by atoms with Crippen LogP contribution < -0.4 is 0 Å². The number of hydrogen-bond acceptors (Lipinski definition) is 2. The fourth-order valence-corrected chi connectivity index (χ4v) is 1.93. The predicted molar refractivity (Wildman–Crippen MR) is 69.3 cm³/mol. The van der Waals surface area contributed by atoms with Gasteiger partial charge in [-0.05, 0) is 16.8 Å². The van der Waals surface area contributed by atoms with E-state index >= 15 is 0 Å². The van der Waals surface area contributed by atoms with E-state index in [2.05, 4.69) is 3.79 Å². The molecule has 0 N–H and O–H groups in total. The molecule has 0 saturated heterocycles. The van der Waals surface area contributed by atoms with Crippen molar-refractivity contribution in [1.29, 1.82) is 0 Å². The maximum absolute atomic E-state index is 12.5. The molecule has 0 aliphatic carbocycles. The van der Waals surface area contributed by atoms with Gasteiger partial charge in [0.2, 0.25) is 0 Å². The van der Waals surface area contributed by atoms with E-state index in [-0.39, 0.29) is 5.56 Å². The third kappa shape index (κ3) is 3.21. The van der Waals surface area contributed by atoms with Gasteiger partial charge < -0.3 is 3.79 Å². The first-order valence-electron chi connectivity index (χ1n) is 5.60. The highest BCUT2D eigenvalue weighted by Crippen LogP contribution is 2.26. The van der Waals surface area contributed by atoms with Crippen molar-refractivity contribution in [3.05, 3.63) is 59.9 Å². The Morgan fingerprint density at radius 1 is 1.10 bits per heavy atom. The Bertz CT molecular complexity index is 677. The SMILES string of the molecule is O=C(/C=C(\[O][Al])C(F)(F)F)c1ccc2ccccc2c1. The molecule has 0 fully saturated rings. The van der Waals surface area contributed by atoms with Crippen molar-refractivity contribution >= 4 is 33.2 Å². The Hall–Kier alpha value is -1.77. The van der Waals surface area contributed by atoms with Crippen LogP contribution in [-0.4, -0.2) is 28.6 Å². The van der Waals surface area contributed by atoms with Crippen molar-refractivity contribution in [2.45, 2.75) is 6.18 Å². The van der Waals surface area contributed by atoms with Gasteiger partial charge in [0.25, 0.3) is 0 Å². The highest BCUT2D eigenvalue weighted by Gasteiger charge is 2.34. The average Bonchev–Trinajstić information content (AvgIpc) is 2.42. The average molecular weight is 292 g/mol. The number of alkyl halides is 3. The lowest BCUT2D eigenvalue weighted by Crippen LogP contribution is -2.15. The molecular formula is C14H8AlF3O2. The molecule has 6 heteroatoms. The van der Waals surface area contributed by atoms with Crippen LogP contribution in [-0.2, 0) is 3.79 Å². The van der Waals surface area contributed by atoms with Gasteiger partial charge >= 0.3 is 22.8 Å². The van der Waals surface area contributed by atoms with Crippen molar-refractivity contribution in [3.63, 3.8) is 0 Å². The Kier molecular flexibility index (Phi) is 4.17. The van der Waals surface area contributed by atoms with Gasteiger partial charge in [0.05, 0.1) is 0 Å². The highest BCUT2D eigenvalue weighted by atomic mass is 27.1. The molecule has 0 aliphatic heterocycles. The third-order valence-corrected chi connectivity index (χ3v) is 2.96. The smallest absolute Gasteiger partial charge is 0.482 e. The summed E-state index contributed by atoms with van der Waals surface area (Å²) in [6.07, 6.45) is -4.26. The minimum Gasteiger partial charge on any atom is -0.650 e. The van der Waals surface area contributed by atoms with Crippen LogP contribution in [0.3, 0.4) is 0 Å². The first kappa shape index (κ1) is 14.6. The van der Waals surface area contributed by atoms with Crippen LogP contribution in [0.1, 0.15) is 10.4 Å². The number of carbonyl (C=O) groups is 1. The fraction of sp³-hybridized carbons (Fsp3) is 0.0714. The lowest BCUT2D eigenvalue weighted by atomic mass is 10.0. The van der Waals surface area contributed by atoms with E-state index in [4.69, 9.17) is 0 Å². The summed E-state index contributed by atoms with van der Waals surface area (Å²) in [7, 11) is 0. The molecule has 0 atom stereocenters. The lowest BCUT2D eigenvalue weighted by Gasteiger charge is -2.11. The summed E-state index contributed by atoms with van der Waals surface area (Å²) < 4.78 is 41.6. The summed E-state index contributed by atoms with van der Waals surface area (Å²) in [5.74, 6) is -2.11. The van der Waals surface area contributed by atoms with Gasteiger partial charge in [-0.2, -0.15) is 13.2 Å². The number of carbonyl (C=O) groups excluding carboxylic acids is 1. The monoisotopic (exact) mass is 292 g/mol. The van der Waals surface area contributed by atoms with Crippen molar-refractivity contribution in [3.8, 4) is 0 Å². The van der Waals surface area contributed by atoms with Crippen LogP contribution in [0.5, 0.6) is 0 Å². The second-order valence-corrected chi connectivity index (χ2v) is 4.29. The molecule has 0 bridgehead atoms. The zero-order valence-corrected chi connectivity index (χ0v) is 11.3. The number of ketones is 1. The Morgan fingerprint density at radius 2 is 1.75 bits per heavy atom. The lowest BCUT2D eigenvalue weighted by molar-refractivity contribution is -0.115. The van der Waals surface area contributed by atoms with Gasteiger partial charge in [-0.15, -0.1) is 0 Å². The minimum atomic E-state index is -4.70. The van der Waals surface area contributed by atoms with Crippen LogP contribution in [0.4, 0.5) is 13.2 Å². The molecule has 2 nitrogen and oxygen atoms in total. The van der Waals surface area contributed by atoms with E-state index in [9.17, 15) is 18.0 Å². The van der Waals surface area contributed by atoms with Crippen LogP contribution in [0.2, 0.25) is 0 Å². The van der Waals surface area contributed by atoms with Crippen LogP contribution in [0.25, 0.3) is 10.8 Å². The maximum atomic E-state index is 12.5. The number of fused-ring (bicyclic) bond motifs is 1. The second-order valence-electron chi connectivity index (χ2n) is 4.05. The summed E-state index contributed by atoms with van der Waals surface area (Å²) in [5.41, 5.74) is 0.174. The number of rotatable bonds is 3.